The summed E-state index contributed by atoms with van der Waals surface area (Å²) in [6, 6.07) is 8.67. The molecule has 0 aliphatic carbocycles. The van der Waals surface area contributed by atoms with Crippen LogP contribution in [0.5, 0.6) is 0 Å². The van der Waals surface area contributed by atoms with Crippen LogP contribution in [0.1, 0.15) is 16.1 Å². The zero-order valence-corrected chi connectivity index (χ0v) is 11.6. The van der Waals surface area contributed by atoms with E-state index in [9.17, 15) is 9.59 Å². The molecule has 1 aromatic carbocycles. The molecular weight excluding hydrogens is 256 g/mol. The number of aromatic nitrogens is 1. The Kier molecular flexibility index (Phi) is 3.84. The van der Waals surface area contributed by atoms with Crippen molar-refractivity contribution in [2.45, 2.75) is 6.92 Å². The second-order valence-electron chi connectivity index (χ2n) is 4.61. The van der Waals surface area contributed by atoms with Crippen molar-refractivity contribution in [2.24, 2.45) is 0 Å². The lowest BCUT2D eigenvalue weighted by atomic mass is 10.1. The van der Waals surface area contributed by atoms with E-state index in [2.05, 4.69) is 15.8 Å². The van der Waals surface area contributed by atoms with Crippen molar-refractivity contribution in [1.29, 1.82) is 0 Å². The summed E-state index contributed by atoms with van der Waals surface area (Å²) in [5, 5.41) is 0.745. The van der Waals surface area contributed by atoms with E-state index in [0.29, 0.717) is 5.56 Å². The normalized spacial score (nSPS) is 10.2. The highest BCUT2D eigenvalue weighted by Gasteiger charge is 2.12. The van der Waals surface area contributed by atoms with Gasteiger partial charge in [0.15, 0.2) is 0 Å². The summed E-state index contributed by atoms with van der Waals surface area (Å²) in [7, 11) is 3.18. The Hall–Kier alpha value is -2.63. The number of aryl methyl sites for hydroxylation is 1. The number of hydrogen-bond donors (Lipinski definition) is 2. The molecule has 1 aromatic heterocycles. The first-order chi connectivity index (χ1) is 9.49. The Morgan fingerprint density at radius 1 is 1.15 bits per heavy atom. The topological polar surface area (TPSA) is 74.3 Å². The standard InChI is InChI=1S/C14H16N4O2/c1-9-8-11(10-6-4-5-7-12(10)15-9)13(19)16-17-14(20)18(2)3/h4-8H,1-3H3,(H,16,19)(H,17,20). The molecule has 3 amide bonds. The average Bonchev–Trinajstić information content (AvgIpc) is 2.43. The first-order valence-electron chi connectivity index (χ1n) is 6.13. The quantitative estimate of drug-likeness (QED) is 0.772. The van der Waals surface area contributed by atoms with Gasteiger partial charge in [0.05, 0.1) is 11.1 Å². The lowest BCUT2D eigenvalue weighted by Crippen LogP contribution is -2.46. The fourth-order valence-corrected chi connectivity index (χ4v) is 1.79. The van der Waals surface area contributed by atoms with Gasteiger partial charge in [0.25, 0.3) is 5.91 Å². The van der Waals surface area contributed by atoms with Crippen LogP contribution in [0.15, 0.2) is 30.3 Å². The third kappa shape index (κ3) is 2.85. The predicted molar refractivity (Wildman–Crippen MR) is 76.2 cm³/mol. The fourth-order valence-electron chi connectivity index (χ4n) is 1.79. The summed E-state index contributed by atoms with van der Waals surface area (Å²) in [6.07, 6.45) is 0. The Morgan fingerprint density at radius 2 is 1.85 bits per heavy atom. The van der Waals surface area contributed by atoms with Gasteiger partial charge < -0.3 is 4.90 Å². The van der Waals surface area contributed by atoms with Gasteiger partial charge in [-0.3, -0.25) is 15.2 Å². The zero-order valence-electron chi connectivity index (χ0n) is 11.6. The van der Waals surface area contributed by atoms with Crippen molar-refractivity contribution < 1.29 is 9.59 Å². The maximum absolute atomic E-state index is 12.2. The Bertz CT molecular complexity index is 667. The number of para-hydroxylation sites is 1. The lowest BCUT2D eigenvalue weighted by molar-refractivity contribution is 0.0934. The summed E-state index contributed by atoms with van der Waals surface area (Å²) < 4.78 is 0. The maximum atomic E-state index is 12.2. The van der Waals surface area contributed by atoms with Crippen LogP contribution >= 0.6 is 0 Å². The molecule has 0 unspecified atom stereocenters. The SMILES string of the molecule is Cc1cc(C(=O)NNC(=O)N(C)C)c2ccccc2n1. The van der Waals surface area contributed by atoms with Gasteiger partial charge in [0.2, 0.25) is 0 Å². The Morgan fingerprint density at radius 3 is 2.55 bits per heavy atom. The number of pyridine rings is 1. The summed E-state index contributed by atoms with van der Waals surface area (Å²) in [5.74, 6) is -0.373. The second-order valence-corrected chi connectivity index (χ2v) is 4.61. The third-order valence-corrected chi connectivity index (χ3v) is 2.78. The van der Waals surface area contributed by atoms with Crippen LogP contribution in [-0.2, 0) is 0 Å². The van der Waals surface area contributed by atoms with Crippen molar-refractivity contribution in [2.75, 3.05) is 14.1 Å². The van der Waals surface area contributed by atoms with Crippen LogP contribution in [-0.4, -0.2) is 35.9 Å². The molecule has 0 saturated heterocycles. The van der Waals surface area contributed by atoms with Crippen LogP contribution < -0.4 is 10.9 Å². The lowest BCUT2D eigenvalue weighted by Gasteiger charge is -2.13. The van der Waals surface area contributed by atoms with Crippen molar-refractivity contribution >= 4 is 22.8 Å². The second kappa shape index (κ2) is 5.56. The molecule has 104 valence electrons. The first kappa shape index (κ1) is 13.8. The van der Waals surface area contributed by atoms with Crippen molar-refractivity contribution in [3.05, 3.63) is 41.6 Å². The molecule has 6 heteroatoms. The van der Waals surface area contributed by atoms with E-state index < -0.39 is 6.03 Å². The van der Waals surface area contributed by atoms with Gasteiger partial charge in [-0.25, -0.2) is 10.2 Å². The minimum absolute atomic E-state index is 0.373. The van der Waals surface area contributed by atoms with E-state index in [-0.39, 0.29) is 5.91 Å². The van der Waals surface area contributed by atoms with Crippen molar-refractivity contribution in [3.63, 3.8) is 0 Å². The predicted octanol–water partition coefficient (Wildman–Crippen LogP) is 1.46. The number of hydrogen-bond acceptors (Lipinski definition) is 3. The number of fused-ring (bicyclic) bond motifs is 1. The number of benzene rings is 1. The molecule has 20 heavy (non-hydrogen) atoms. The van der Waals surface area contributed by atoms with Crippen molar-refractivity contribution in [3.8, 4) is 0 Å². The molecule has 0 fully saturated rings. The van der Waals surface area contributed by atoms with E-state index >= 15 is 0 Å². The fraction of sp³-hybridized carbons (Fsp3) is 0.214. The number of nitrogens with one attached hydrogen (secondary N) is 2. The molecule has 0 bridgehead atoms. The smallest absolute Gasteiger partial charge is 0.330 e. The summed E-state index contributed by atoms with van der Waals surface area (Å²) in [4.78, 5) is 29.3. The van der Waals surface area contributed by atoms with E-state index in [4.69, 9.17) is 0 Å². The molecule has 0 saturated carbocycles. The van der Waals surface area contributed by atoms with Crippen LogP contribution in [0, 0.1) is 6.92 Å². The number of hydrazine groups is 1. The molecule has 1 heterocycles. The summed E-state index contributed by atoms with van der Waals surface area (Å²) >= 11 is 0. The van der Waals surface area contributed by atoms with Crippen LogP contribution in [0.2, 0.25) is 0 Å². The minimum atomic E-state index is -0.395. The largest absolute Gasteiger partial charge is 0.335 e. The number of urea groups is 1. The number of carbonyl (C=O) groups is 2. The average molecular weight is 272 g/mol. The molecule has 6 nitrogen and oxygen atoms in total. The molecule has 2 aromatic rings. The van der Waals surface area contributed by atoms with Crippen LogP contribution in [0.3, 0.4) is 0 Å². The molecule has 2 N–H and O–H groups in total. The molecule has 0 aliphatic heterocycles. The number of rotatable bonds is 1. The van der Waals surface area contributed by atoms with Gasteiger partial charge >= 0.3 is 6.03 Å². The van der Waals surface area contributed by atoms with E-state index in [0.717, 1.165) is 16.6 Å². The van der Waals surface area contributed by atoms with Gasteiger partial charge in [0.1, 0.15) is 0 Å². The van der Waals surface area contributed by atoms with Crippen LogP contribution in [0.4, 0.5) is 4.79 Å². The molecule has 0 aliphatic rings. The molecule has 0 atom stereocenters. The Labute approximate surface area is 116 Å². The van der Waals surface area contributed by atoms with Crippen LogP contribution in [0.25, 0.3) is 10.9 Å². The number of nitrogens with zero attached hydrogens (tertiary/aromatic N) is 2. The molecule has 2 rings (SSSR count). The van der Waals surface area contributed by atoms with E-state index in [1.807, 2.05) is 31.2 Å². The monoisotopic (exact) mass is 272 g/mol. The van der Waals surface area contributed by atoms with Gasteiger partial charge in [-0.1, -0.05) is 18.2 Å². The van der Waals surface area contributed by atoms with E-state index in [1.165, 1.54) is 4.90 Å². The maximum Gasteiger partial charge on any atom is 0.335 e. The van der Waals surface area contributed by atoms with Gasteiger partial charge in [-0.05, 0) is 19.1 Å². The zero-order chi connectivity index (χ0) is 14.7. The number of amides is 3. The first-order valence-corrected chi connectivity index (χ1v) is 6.13. The number of carbonyl (C=O) groups excluding carboxylic acids is 2. The third-order valence-electron chi connectivity index (χ3n) is 2.78. The summed E-state index contributed by atoms with van der Waals surface area (Å²) in [6.45, 7) is 1.82. The Balaban J connectivity index is 2.28. The summed E-state index contributed by atoms with van der Waals surface area (Å²) in [5.41, 5.74) is 6.69. The molecular formula is C14H16N4O2. The highest BCUT2D eigenvalue weighted by atomic mass is 16.2. The van der Waals surface area contributed by atoms with Crippen molar-refractivity contribution in [1.82, 2.24) is 20.7 Å². The van der Waals surface area contributed by atoms with Gasteiger partial charge in [0, 0.05) is 25.2 Å². The van der Waals surface area contributed by atoms with E-state index in [1.54, 1.807) is 20.2 Å². The highest BCUT2D eigenvalue weighted by molar-refractivity contribution is 6.06. The highest BCUT2D eigenvalue weighted by Crippen LogP contribution is 2.17. The van der Waals surface area contributed by atoms with Gasteiger partial charge in [-0.2, -0.15) is 0 Å². The molecule has 0 radical (unpaired) electrons. The minimum Gasteiger partial charge on any atom is -0.330 e. The van der Waals surface area contributed by atoms with Gasteiger partial charge in [-0.15, -0.1) is 0 Å². The molecule has 0 spiro atoms.